The minimum Gasteiger partial charge on any atom is -0.464 e. The standard InChI is InChI=1S/C23H25N3O5S2/c1-5-15(6-2)20(28)24-22-25-26-23(33-22)32-12-17-10-18(27)19(11-30-17)31-21(29)16-8-7-13(3)14(4)9-16/h7-11,15H,5-6,12H2,1-4H3,(H,24,25,28). The van der Waals surface area contributed by atoms with Crippen LogP contribution in [-0.4, -0.2) is 22.1 Å². The summed E-state index contributed by atoms with van der Waals surface area (Å²) in [5.74, 6) is -0.186. The molecule has 3 rings (SSSR count). The number of amides is 1. The summed E-state index contributed by atoms with van der Waals surface area (Å²) >= 11 is 2.58. The van der Waals surface area contributed by atoms with Crippen LogP contribution in [0.3, 0.4) is 0 Å². The van der Waals surface area contributed by atoms with Crippen molar-refractivity contribution in [3.8, 4) is 5.75 Å². The van der Waals surface area contributed by atoms with E-state index in [1.807, 2.05) is 33.8 Å². The molecular weight excluding hydrogens is 462 g/mol. The van der Waals surface area contributed by atoms with Gasteiger partial charge in [0, 0.05) is 12.0 Å². The van der Waals surface area contributed by atoms with E-state index in [-0.39, 0.29) is 17.6 Å². The van der Waals surface area contributed by atoms with Crippen LogP contribution in [0.15, 0.2) is 44.1 Å². The molecule has 0 saturated heterocycles. The zero-order valence-corrected chi connectivity index (χ0v) is 20.5. The number of aromatic nitrogens is 2. The van der Waals surface area contributed by atoms with Crippen molar-refractivity contribution in [2.75, 3.05) is 5.32 Å². The molecule has 10 heteroatoms. The van der Waals surface area contributed by atoms with Crippen molar-refractivity contribution in [3.63, 3.8) is 0 Å². The molecule has 0 bridgehead atoms. The second-order valence-electron chi connectivity index (χ2n) is 7.43. The number of hydrogen-bond acceptors (Lipinski definition) is 9. The lowest BCUT2D eigenvalue weighted by Crippen LogP contribution is -2.21. The van der Waals surface area contributed by atoms with Crippen LogP contribution in [-0.2, 0) is 10.5 Å². The largest absolute Gasteiger partial charge is 0.464 e. The number of esters is 1. The van der Waals surface area contributed by atoms with Gasteiger partial charge >= 0.3 is 5.97 Å². The molecule has 2 aromatic heterocycles. The van der Waals surface area contributed by atoms with Gasteiger partial charge in [0.25, 0.3) is 0 Å². The lowest BCUT2D eigenvalue weighted by molar-refractivity contribution is -0.120. The number of hydrogen-bond donors (Lipinski definition) is 1. The van der Waals surface area contributed by atoms with Crippen LogP contribution in [0.5, 0.6) is 5.75 Å². The summed E-state index contributed by atoms with van der Waals surface area (Å²) in [5.41, 5.74) is 1.92. The molecule has 2 heterocycles. The number of aryl methyl sites for hydroxylation is 2. The van der Waals surface area contributed by atoms with Crippen molar-refractivity contribution in [1.29, 1.82) is 0 Å². The highest BCUT2D eigenvalue weighted by atomic mass is 32.2. The van der Waals surface area contributed by atoms with E-state index in [1.54, 1.807) is 12.1 Å². The fraction of sp³-hybridized carbons (Fsp3) is 0.348. The molecule has 1 amide bonds. The van der Waals surface area contributed by atoms with Crippen LogP contribution in [0.2, 0.25) is 0 Å². The number of rotatable bonds is 9. The number of ether oxygens (including phenoxy) is 1. The third-order valence-corrected chi connectivity index (χ3v) is 7.12. The first-order valence-electron chi connectivity index (χ1n) is 10.5. The zero-order chi connectivity index (χ0) is 24.0. The smallest absolute Gasteiger partial charge is 0.343 e. The number of nitrogens with one attached hydrogen (secondary N) is 1. The first kappa shape index (κ1) is 24.7. The molecule has 0 atom stereocenters. The summed E-state index contributed by atoms with van der Waals surface area (Å²) in [5, 5.41) is 11.3. The number of anilines is 1. The first-order chi connectivity index (χ1) is 15.8. The van der Waals surface area contributed by atoms with Gasteiger partial charge in [-0.05, 0) is 49.9 Å². The number of benzene rings is 1. The van der Waals surface area contributed by atoms with E-state index >= 15 is 0 Å². The maximum absolute atomic E-state index is 12.4. The average molecular weight is 488 g/mol. The van der Waals surface area contributed by atoms with E-state index in [1.165, 1.54) is 29.2 Å². The fourth-order valence-corrected chi connectivity index (χ4v) is 4.58. The molecule has 0 spiro atoms. The molecule has 0 aliphatic heterocycles. The number of thioether (sulfide) groups is 1. The van der Waals surface area contributed by atoms with Gasteiger partial charge in [-0.15, -0.1) is 10.2 Å². The molecule has 8 nitrogen and oxygen atoms in total. The molecule has 0 unspecified atom stereocenters. The average Bonchev–Trinajstić information content (AvgIpc) is 3.23. The summed E-state index contributed by atoms with van der Waals surface area (Å²) in [6, 6.07) is 6.48. The van der Waals surface area contributed by atoms with Gasteiger partial charge in [-0.2, -0.15) is 0 Å². The second-order valence-corrected chi connectivity index (χ2v) is 9.63. The Morgan fingerprint density at radius 2 is 1.91 bits per heavy atom. The van der Waals surface area contributed by atoms with Gasteiger partial charge in [0.15, 0.2) is 4.34 Å². The van der Waals surface area contributed by atoms with Crippen LogP contribution in [0, 0.1) is 19.8 Å². The quantitative estimate of drug-likeness (QED) is 0.255. The molecule has 0 saturated carbocycles. The van der Waals surface area contributed by atoms with Crippen molar-refractivity contribution in [1.82, 2.24) is 10.2 Å². The minimum absolute atomic E-state index is 0.0538. The maximum atomic E-state index is 12.4. The van der Waals surface area contributed by atoms with E-state index in [0.29, 0.717) is 26.5 Å². The van der Waals surface area contributed by atoms with E-state index in [4.69, 9.17) is 9.15 Å². The monoisotopic (exact) mass is 487 g/mol. The van der Waals surface area contributed by atoms with Crippen molar-refractivity contribution < 1.29 is 18.7 Å². The van der Waals surface area contributed by atoms with Crippen LogP contribution in [0.1, 0.15) is 53.9 Å². The molecule has 3 aromatic rings. The highest BCUT2D eigenvalue weighted by Crippen LogP contribution is 2.29. The first-order valence-corrected chi connectivity index (χ1v) is 12.3. The summed E-state index contributed by atoms with van der Waals surface area (Å²) in [7, 11) is 0. The Labute approximate surface area is 199 Å². The predicted molar refractivity (Wildman–Crippen MR) is 128 cm³/mol. The van der Waals surface area contributed by atoms with Gasteiger partial charge in [-0.1, -0.05) is 43.0 Å². The van der Waals surface area contributed by atoms with Gasteiger partial charge in [-0.3, -0.25) is 9.59 Å². The SMILES string of the molecule is CCC(CC)C(=O)Nc1nnc(SCc2cc(=O)c(OC(=O)c3ccc(C)c(C)c3)co2)s1. The Bertz CT molecular complexity index is 1200. The van der Waals surface area contributed by atoms with Crippen molar-refractivity contribution in [2.45, 2.75) is 50.6 Å². The fourth-order valence-electron chi connectivity index (χ4n) is 2.93. The van der Waals surface area contributed by atoms with Crippen LogP contribution < -0.4 is 15.5 Å². The number of carbonyl (C=O) groups excluding carboxylic acids is 2. The van der Waals surface area contributed by atoms with Crippen molar-refractivity contribution in [2.24, 2.45) is 5.92 Å². The number of nitrogens with zero attached hydrogens (tertiary/aromatic N) is 2. The molecule has 0 aliphatic carbocycles. The summed E-state index contributed by atoms with van der Waals surface area (Å²) in [6.07, 6.45) is 2.66. The topological polar surface area (TPSA) is 111 Å². The van der Waals surface area contributed by atoms with E-state index < -0.39 is 11.4 Å². The molecule has 0 radical (unpaired) electrons. The Hall–Kier alpha value is -2.98. The van der Waals surface area contributed by atoms with Gasteiger partial charge < -0.3 is 14.5 Å². The molecule has 0 aliphatic rings. The third-order valence-electron chi connectivity index (χ3n) is 5.13. The Morgan fingerprint density at radius 1 is 1.15 bits per heavy atom. The molecule has 1 aromatic carbocycles. The van der Waals surface area contributed by atoms with Crippen molar-refractivity contribution >= 4 is 40.1 Å². The highest BCUT2D eigenvalue weighted by molar-refractivity contribution is 8.00. The Morgan fingerprint density at radius 3 is 2.58 bits per heavy atom. The summed E-state index contributed by atoms with van der Waals surface area (Å²) in [4.78, 5) is 36.9. The molecule has 33 heavy (non-hydrogen) atoms. The normalized spacial score (nSPS) is 10.9. The second kappa shape index (κ2) is 11.2. The number of carbonyl (C=O) groups is 2. The van der Waals surface area contributed by atoms with Crippen LogP contribution in [0.25, 0.3) is 0 Å². The van der Waals surface area contributed by atoms with Gasteiger partial charge in [-0.25, -0.2) is 4.79 Å². The van der Waals surface area contributed by atoms with Gasteiger partial charge in [0.05, 0.1) is 11.3 Å². The maximum Gasteiger partial charge on any atom is 0.343 e. The summed E-state index contributed by atoms with van der Waals surface area (Å²) in [6.45, 7) is 7.79. The van der Waals surface area contributed by atoms with Gasteiger partial charge in [0.2, 0.25) is 22.2 Å². The Kier molecular flexibility index (Phi) is 8.40. The van der Waals surface area contributed by atoms with Gasteiger partial charge in [0.1, 0.15) is 12.0 Å². The molecule has 174 valence electrons. The molecular formula is C23H25N3O5S2. The van der Waals surface area contributed by atoms with Crippen LogP contribution in [0.4, 0.5) is 5.13 Å². The van der Waals surface area contributed by atoms with Crippen LogP contribution >= 0.6 is 23.1 Å². The van der Waals surface area contributed by atoms with Crippen molar-refractivity contribution in [3.05, 3.63) is 63.2 Å². The lowest BCUT2D eigenvalue weighted by Gasteiger charge is -2.09. The highest BCUT2D eigenvalue weighted by Gasteiger charge is 2.17. The third kappa shape index (κ3) is 6.52. The summed E-state index contributed by atoms with van der Waals surface area (Å²) < 4.78 is 11.3. The lowest BCUT2D eigenvalue weighted by atomic mass is 10.0. The molecule has 1 N–H and O–H groups in total. The Balaban J connectivity index is 1.58. The predicted octanol–water partition coefficient (Wildman–Crippen LogP) is 4.99. The minimum atomic E-state index is -0.621. The van der Waals surface area contributed by atoms with E-state index in [9.17, 15) is 14.4 Å². The van der Waals surface area contributed by atoms with E-state index in [2.05, 4.69) is 15.5 Å². The molecule has 0 fully saturated rings. The van der Waals surface area contributed by atoms with E-state index in [0.717, 1.165) is 30.2 Å². The zero-order valence-electron chi connectivity index (χ0n) is 18.8.